The third-order valence-electron chi connectivity index (χ3n) is 1.92. The lowest BCUT2D eigenvalue weighted by molar-refractivity contribution is 0.102. The fourth-order valence-electron chi connectivity index (χ4n) is 1.18. The molecule has 0 aliphatic rings. The minimum Gasteiger partial charge on any atom is -0.298 e. The number of thiazole rings is 1. The number of benzene rings is 1. The summed E-state index contributed by atoms with van der Waals surface area (Å²) in [5, 5.41) is 5.40. The van der Waals surface area contributed by atoms with E-state index in [1.54, 1.807) is 6.07 Å². The van der Waals surface area contributed by atoms with Crippen LogP contribution in [0.2, 0.25) is 0 Å². The van der Waals surface area contributed by atoms with Crippen LogP contribution < -0.4 is 5.32 Å². The summed E-state index contributed by atoms with van der Waals surface area (Å²) in [5.41, 5.74) is -0.0803. The van der Waals surface area contributed by atoms with Gasteiger partial charge < -0.3 is 0 Å². The third kappa shape index (κ3) is 2.51. The van der Waals surface area contributed by atoms with Gasteiger partial charge in [-0.15, -0.1) is 4.91 Å². The van der Waals surface area contributed by atoms with Crippen LogP contribution >= 0.6 is 11.3 Å². The van der Waals surface area contributed by atoms with Gasteiger partial charge in [-0.25, -0.2) is 9.37 Å². The minimum atomic E-state index is -0.616. The summed E-state index contributed by atoms with van der Waals surface area (Å²) in [6, 6.07) is 5.59. The molecule has 2 rings (SSSR count). The summed E-state index contributed by atoms with van der Waals surface area (Å²) < 4.78 is 13.3. The zero-order valence-corrected chi connectivity index (χ0v) is 9.20. The molecule has 0 fully saturated rings. The topological polar surface area (TPSA) is 71.4 Å². The molecule has 5 nitrogen and oxygen atoms in total. The van der Waals surface area contributed by atoms with Crippen LogP contribution in [0.3, 0.4) is 0 Å². The van der Waals surface area contributed by atoms with Crippen molar-refractivity contribution < 1.29 is 9.18 Å². The maximum atomic E-state index is 13.3. The SMILES string of the molecule is O=Nc1cnc(NC(=O)c2ccccc2F)s1. The molecule has 17 heavy (non-hydrogen) atoms. The Morgan fingerprint density at radius 1 is 1.41 bits per heavy atom. The maximum absolute atomic E-state index is 13.3. The molecule has 0 aliphatic heterocycles. The van der Waals surface area contributed by atoms with Crippen molar-refractivity contribution in [2.24, 2.45) is 5.18 Å². The number of hydrogen-bond donors (Lipinski definition) is 1. The van der Waals surface area contributed by atoms with Crippen LogP contribution in [-0.2, 0) is 0 Å². The standard InChI is InChI=1S/C10H6FN3O2S/c11-7-4-2-1-3-6(7)9(15)13-10-12-5-8(14-16)17-10/h1-5H,(H,12,13,15). The number of halogens is 1. The van der Waals surface area contributed by atoms with E-state index >= 15 is 0 Å². The molecule has 0 saturated heterocycles. The van der Waals surface area contributed by atoms with Crippen molar-refractivity contribution in [2.45, 2.75) is 0 Å². The summed E-state index contributed by atoms with van der Waals surface area (Å²) >= 11 is 0.917. The molecule has 1 aromatic heterocycles. The Bertz CT molecular complexity index is 570. The quantitative estimate of drug-likeness (QED) is 0.852. The summed E-state index contributed by atoms with van der Waals surface area (Å²) in [4.78, 5) is 25.6. The Morgan fingerprint density at radius 2 is 2.18 bits per heavy atom. The van der Waals surface area contributed by atoms with E-state index < -0.39 is 11.7 Å². The molecule has 0 spiro atoms. The van der Waals surface area contributed by atoms with E-state index in [2.05, 4.69) is 15.5 Å². The minimum absolute atomic E-state index is 0.0803. The van der Waals surface area contributed by atoms with Crippen molar-refractivity contribution in [1.82, 2.24) is 4.98 Å². The van der Waals surface area contributed by atoms with Crippen molar-refractivity contribution in [1.29, 1.82) is 0 Å². The van der Waals surface area contributed by atoms with Gasteiger partial charge in [-0.1, -0.05) is 23.5 Å². The molecule has 1 amide bonds. The molecule has 0 unspecified atom stereocenters. The van der Waals surface area contributed by atoms with Gasteiger partial charge in [-0.2, -0.15) is 0 Å². The molecule has 1 heterocycles. The Labute approximate surface area is 99.3 Å². The number of nitrogens with one attached hydrogen (secondary N) is 1. The molecule has 86 valence electrons. The van der Waals surface area contributed by atoms with Crippen LogP contribution in [0.5, 0.6) is 0 Å². The fraction of sp³-hybridized carbons (Fsp3) is 0. The van der Waals surface area contributed by atoms with E-state index in [4.69, 9.17) is 0 Å². The van der Waals surface area contributed by atoms with E-state index in [0.717, 1.165) is 11.3 Å². The highest BCUT2D eigenvalue weighted by Crippen LogP contribution is 2.25. The molecule has 7 heteroatoms. The molecule has 0 radical (unpaired) electrons. The average molecular weight is 251 g/mol. The first-order valence-electron chi connectivity index (χ1n) is 4.56. The Morgan fingerprint density at radius 3 is 2.82 bits per heavy atom. The van der Waals surface area contributed by atoms with Gasteiger partial charge in [0.05, 0.1) is 11.8 Å². The number of aromatic nitrogens is 1. The molecule has 0 saturated carbocycles. The summed E-state index contributed by atoms with van der Waals surface area (Å²) in [7, 11) is 0. The first-order chi connectivity index (χ1) is 8.20. The van der Waals surface area contributed by atoms with E-state index in [9.17, 15) is 14.1 Å². The summed E-state index contributed by atoms with van der Waals surface area (Å²) in [6.07, 6.45) is 1.23. The molecule has 0 bridgehead atoms. The molecular formula is C10H6FN3O2S. The van der Waals surface area contributed by atoms with Gasteiger partial charge in [0.1, 0.15) is 5.82 Å². The second-order valence-corrected chi connectivity index (χ2v) is 4.04. The van der Waals surface area contributed by atoms with Crippen LogP contribution in [0.4, 0.5) is 14.5 Å². The number of carbonyl (C=O) groups excluding carboxylic acids is 1. The van der Waals surface area contributed by atoms with Crippen LogP contribution in [0.1, 0.15) is 10.4 Å². The number of rotatable bonds is 3. The van der Waals surface area contributed by atoms with Gasteiger partial charge in [-0.05, 0) is 17.3 Å². The smallest absolute Gasteiger partial charge is 0.260 e. The predicted molar refractivity (Wildman–Crippen MR) is 61.9 cm³/mol. The van der Waals surface area contributed by atoms with Crippen molar-refractivity contribution in [2.75, 3.05) is 5.32 Å². The first-order valence-corrected chi connectivity index (χ1v) is 5.37. The van der Waals surface area contributed by atoms with Crippen molar-refractivity contribution in [3.63, 3.8) is 0 Å². The van der Waals surface area contributed by atoms with E-state index in [-0.39, 0.29) is 15.7 Å². The Kier molecular flexibility index (Phi) is 3.20. The summed E-state index contributed by atoms with van der Waals surface area (Å²) in [6.45, 7) is 0. The van der Waals surface area contributed by atoms with Crippen LogP contribution in [0.15, 0.2) is 35.6 Å². The van der Waals surface area contributed by atoms with Gasteiger partial charge in [0, 0.05) is 0 Å². The molecule has 1 aromatic carbocycles. The number of nitroso groups, excluding NO2 is 1. The first kappa shape index (κ1) is 11.3. The molecule has 0 aliphatic carbocycles. The van der Waals surface area contributed by atoms with Crippen LogP contribution in [0.25, 0.3) is 0 Å². The van der Waals surface area contributed by atoms with Gasteiger partial charge in [-0.3, -0.25) is 10.1 Å². The fourth-order valence-corrected chi connectivity index (χ4v) is 1.77. The highest BCUT2D eigenvalue weighted by Gasteiger charge is 2.12. The maximum Gasteiger partial charge on any atom is 0.260 e. The normalized spacial score (nSPS) is 9.94. The second kappa shape index (κ2) is 4.79. The summed E-state index contributed by atoms with van der Waals surface area (Å²) in [5.74, 6) is -1.23. The predicted octanol–water partition coefficient (Wildman–Crippen LogP) is 2.93. The lowest BCUT2D eigenvalue weighted by Gasteiger charge is -2.01. The number of amides is 1. The molecule has 0 atom stereocenters. The van der Waals surface area contributed by atoms with E-state index in [1.807, 2.05) is 0 Å². The van der Waals surface area contributed by atoms with Crippen LogP contribution in [-0.4, -0.2) is 10.9 Å². The Hall–Kier alpha value is -2.15. The van der Waals surface area contributed by atoms with E-state index in [0.29, 0.717) is 0 Å². The van der Waals surface area contributed by atoms with Crippen LogP contribution in [0, 0.1) is 10.7 Å². The monoisotopic (exact) mass is 251 g/mol. The van der Waals surface area contributed by atoms with Gasteiger partial charge in [0.2, 0.25) is 0 Å². The Balaban J connectivity index is 2.17. The second-order valence-electron chi connectivity index (χ2n) is 3.03. The molecule has 2 aromatic rings. The van der Waals surface area contributed by atoms with Crippen molar-refractivity contribution in [3.8, 4) is 0 Å². The lowest BCUT2D eigenvalue weighted by atomic mass is 10.2. The largest absolute Gasteiger partial charge is 0.298 e. The number of anilines is 1. The van der Waals surface area contributed by atoms with Gasteiger partial charge in [0.25, 0.3) is 5.91 Å². The van der Waals surface area contributed by atoms with Gasteiger partial charge in [0.15, 0.2) is 10.1 Å². The van der Waals surface area contributed by atoms with Crippen molar-refractivity contribution in [3.05, 3.63) is 46.8 Å². The highest BCUT2D eigenvalue weighted by molar-refractivity contribution is 7.19. The lowest BCUT2D eigenvalue weighted by Crippen LogP contribution is -2.13. The zero-order valence-electron chi connectivity index (χ0n) is 8.38. The number of carbonyl (C=O) groups is 1. The van der Waals surface area contributed by atoms with Gasteiger partial charge >= 0.3 is 0 Å². The highest BCUT2D eigenvalue weighted by atomic mass is 32.1. The van der Waals surface area contributed by atoms with Crippen molar-refractivity contribution >= 4 is 27.4 Å². The molecule has 1 N–H and O–H groups in total. The van der Waals surface area contributed by atoms with E-state index in [1.165, 1.54) is 24.4 Å². The zero-order chi connectivity index (χ0) is 12.3. The number of nitrogens with zero attached hydrogens (tertiary/aromatic N) is 2. The number of hydrogen-bond acceptors (Lipinski definition) is 5. The third-order valence-corrected chi connectivity index (χ3v) is 2.71. The average Bonchev–Trinajstić information content (AvgIpc) is 2.77. The molecular weight excluding hydrogens is 245 g/mol.